The first-order valence-corrected chi connectivity index (χ1v) is 41.4. The summed E-state index contributed by atoms with van der Waals surface area (Å²) in [6, 6.07) is 12.5. The van der Waals surface area contributed by atoms with E-state index < -0.39 is 163 Å². The quantitative estimate of drug-likeness (QED) is 0.0157. The number of amides is 6. The van der Waals surface area contributed by atoms with E-state index in [4.69, 9.17) is 54.0 Å². The van der Waals surface area contributed by atoms with Gasteiger partial charge in [0.2, 0.25) is 0 Å². The van der Waals surface area contributed by atoms with Gasteiger partial charge in [0.05, 0.1) is 57.9 Å². The fourth-order valence-electron chi connectivity index (χ4n) is 14.5. The number of likely N-dealkylation sites (tertiary alicyclic amines) is 3. The van der Waals surface area contributed by atoms with E-state index in [0.717, 1.165) is 87.1 Å². The van der Waals surface area contributed by atoms with Crippen LogP contribution < -0.4 is 89.1 Å². The van der Waals surface area contributed by atoms with Crippen LogP contribution in [0.15, 0.2) is 77.8 Å². The van der Waals surface area contributed by atoms with Gasteiger partial charge in [0.1, 0.15) is 88.5 Å². The van der Waals surface area contributed by atoms with Gasteiger partial charge in [0.25, 0.3) is 52.5 Å². The van der Waals surface area contributed by atoms with Crippen LogP contribution in [0.3, 0.4) is 0 Å². The summed E-state index contributed by atoms with van der Waals surface area (Å²) in [5.74, 6) is -3.70. The number of nitrogens with zero attached hydrogens (tertiary/aromatic N) is 8. The van der Waals surface area contributed by atoms with Crippen molar-refractivity contribution in [2.24, 2.45) is 10.9 Å². The molecule has 4 unspecified atom stereocenters. The Morgan fingerprint density at radius 1 is 0.561 bits per heavy atom. The topological polar surface area (TPSA) is 587 Å². The van der Waals surface area contributed by atoms with Crippen LogP contribution in [0.5, 0.6) is 17.2 Å². The number of carbonyl (C=O) groups is 8. The fourth-order valence-corrected chi connectivity index (χ4v) is 16.6. The zero-order valence-corrected chi connectivity index (χ0v) is 75.5. The molecule has 7 aliphatic rings. The number of carboxylic acids is 2. The summed E-state index contributed by atoms with van der Waals surface area (Å²) in [5, 5.41) is 142. The minimum absolute atomic E-state index is 0. The molecule has 4 aromatic carbocycles. The summed E-state index contributed by atoms with van der Waals surface area (Å²) in [6.07, 6.45) is -3.20. The van der Waals surface area contributed by atoms with Gasteiger partial charge in [0, 0.05) is 79.2 Å². The van der Waals surface area contributed by atoms with E-state index >= 15 is 0 Å². The molecule has 7 aliphatic heterocycles. The van der Waals surface area contributed by atoms with Gasteiger partial charge < -0.3 is 115 Å². The molecule has 0 bridgehead atoms. The molecule has 45 heteroatoms. The molecule has 6 fully saturated rings. The molecule has 6 amide bonds. The molecule has 11 rings (SSSR count). The Morgan fingerprint density at radius 3 is 1.33 bits per heavy atom. The summed E-state index contributed by atoms with van der Waals surface area (Å²) in [4.78, 5) is 139. The minimum Gasteiger partial charge on any atom is -0.548 e. The van der Waals surface area contributed by atoms with Gasteiger partial charge in [0.15, 0.2) is 32.4 Å². The maximum absolute atomic E-state index is 13.4. The van der Waals surface area contributed by atoms with Gasteiger partial charge in [-0.2, -0.15) is 23.5 Å². The zero-order valence-electron chi connectivity index (χ0n) is 69.9. The molecular formula is C78H106FN10Na2O30S2+. The second-order valence-corrected chi connectivity index (χ2v) is 31.9. The van der Waals surface area contributed by atoms with Crippen molar-refractivity contribution in [3.8, 4) is 17.2 Å². The number of aliphatic carboxylic acids is 2. The van der Waals surface area contributed by atoms with E-state index in [1.807, 2.05) is 27.7 Å². The number of benzene rings is 4. The molecule has 7 heterocycles. The first-order chi connectivity index (χ1) is 57.5. The molecule has 6 saturated heterocycles. The molecule has 0 aliphatic carbocycles. The molecule has 668 valence electrons. The van der Waals surface area contributed by atoms with Crippen LogP contribution in [0.1, 0.15) is 148 Å². The summed E-state index contributed by atoms with van der Waals surface area (Å²) < 4.78 is 39.4. The number of rotatable bonds is 27. The van der Waals surface area contributed by atoms with Crippen LogP contribution in [-0.2, 0) is 28.7 Å². The third kappa shape index (κ3) is 29.6. The number of nitrogens with one attached hydrogen (secondary N) is 2. The summed E-state index contributed by atoms with van der Waals surface area (Å²) in [5.41, 5.74) is -0.474. The molecule has 123 heavy (non-hydrogen) atoms. The Morgan fingerprint density at radius 2 is 0.935 bits per heavy atom. The van der Waals surface area contributed by atoms with Crippen molar-refractivity contribution in [3.05, 3.63) is 131 Å². The number of nitro groups is 3. The number of aliphatic hydroxyl groups is 9. The van der Waals surface area contributed by atoms with Crippen molar-refractivity contribution in [1.29, 1.82) is 0 Å². The molecule has 0 saturated carbocycles. The number of carboxylic acid groups (broad SMARTS) is 2. The van der Waals surface area contributed by atoms with E-state index in [0.29, 0.717) is 37.4 Å². The molecule has 0 radical (unpaired) electrons. The third-order valence-corrected chi connectivity index (χ3v) is 22.7. The number of nitro benzene ring substituents is 3. The smallest absolute Gasteiger partial charge is 0.548 e. The number of hydrogen-bond donors (Lipinski definition) is 12. The number of hydrogen-bond acceptors (Lipinski definition) is 32. The zero-order chi connectivity index (χ0) is 89.8. The first-order valence-electron chi connectivity index (χ1n) is 39.3. The molecule has 40 nitrogen and oxygen atoms in total. The van der Waals surface area contributed by atoms with Crippen molar-refractivity contribution < 1.29 is 196 Å². The minimum atomic E-state index is -1.69. The van der Waals surface area contributed by atoms with Crippen LogP contribution in [-0.4, -0.2) is 312 Å². The number of halogens is 1. The van der Waals surface area contributed by atoms with E-state index in [1.54, 1.807) is 61.5 Å². The van der Waals surface area contributed by atoms with Crippen LogP contribution in [0, 0.1) is 42.1 Å². The molecule has 4 aromatic rings. The van der Waals surface area contributed by atoms with Gasteiger partial charge in [-0.1, -0.05) is 55.4 Å². The number of ether oxygens (including phenoxy) is 5. The molecule has 0 aromatic heterocycles. The normalized spacial score (nSPS) is 23.8. The number of aliphatic imine (C=N–C) groups is 1. The SMILES string of the molecule is CC.CC(C)[C@@H]1CCCN1C(=O)c1cc(OCC(=O)N[C@H]2C(O)O[C@H](CO)[C@@H](O)[C@@H]2O)ccc1[N+](=O)[O-].CCSC(C)[C@@H]1CCCN1C(=O)c1cc(F)ccc1[N+](=O)[O-].CCSC(C)[C@@H]1CCCN1C(=O)c1cc(OCC(=O)O)ccc1[N+](=O)[O-].O=C(COc1ccc2c(c1)C(=O)N1CCC[C@H]1C=N2)N[C@H]1C(O)O[C@H](CO)[C@@H](O)[C@@H]1O.O=C([O-])CO.[Na+].[Na+]. The van der Waals surface area contributed by atoms with Gasteiger partial charge in [-0.3, -0.25) is 64.1 Å². The maximum atomic E-state index is 13.4. The van der Waals surface area contributed by atoms with Gasteiger partial charge >= 0.3 is 65.1 Å². The van der Waals surface area contributed by atoms with E-state index in [-0.39, 0.29) is 157 Å². The van der Waals surface area contributed by atoms with Crippen LogP contribution in [0.2, 0.25) is 0 Å². The largest absolute Gasteiger partial charge is 1.00 e. The van der Waals surface area contributed by atoms with Crippen LogP contribution in [0.25, 0.3) is 0 Å². The molecular weight excluding hydrogens is 1690 g/mol. The van der Waals surface area contributed by atoms with Crippen molar-refractivity contribution >= 4 is 99.9 Å². The average molecular weight is 1790 g/mol. The number of thioether (sulfide) groups is 2. The Kier molecular flexibility index (Phi) is 45.7. The second-order valence-electron chi connectivity index (χ2n) is 28.6. The van der Waals surface area contributed by atoms with E-state index in [2.05, 4.69) is 43.3 Å². The second kappa shape index (κ2) is 52.3. The van der Waals surface area contributed by atoms with Gasteiger partial charge in [-0.25, -0.2) is 9.18 Å². The monoisotopic (exact) mass is 1790 g/mol. The number of fused-ring (bicyclic) bond motifs is 2. The summed E-state index contributed by atoms with van der Waals surface area (Å²) in [6.45, 7) is 14.7. The molecule has 16 atom stereocenters. The average Bonchev–Trinajstić information content (AvgIpc) is 1.65. The molecule has 0 spiro atoms. The summed E-state index contributed by atoms with van der Waals surface area (Å²) in [7, 11) is 0. The summed E-state index contributed by atoms with van der Waals surface area (Å²) >= 11 is 3.51. The predicted octanol–water partition coefficient (Wildman–Crippen LogP) is -3.50. The first kappa shape index (κ1) is 107. The van der Waals surface area contributed by atoms with E-state index in [1.165, 1.54) is 36.4 Å². The van der Waals surface area contributed by atoms with Crippen molar-refractivity contribution in [2.45, 2.75) is 203 Å². The van der Waals surface area contributed by atoms with Crippen LogP contribution in [0.4, 0.5) is 27.1 Å². The number of aliphatic hydroxyl groups excluding tert-OH is 9. The van der Waals surface area contributed by atoms with Crippen molar-refractivity contribution in [1.82, 2.24) is 30.2 Å². The Hall–Kier alpha value is -7.90. The standard InChI is InChI=1S/C22H31N3O10.C20H25N3O8.C17H22N2O6S.C15H19FN2O3S.C2H4O3.C2H6.2Na/c1-11(2)14-4-3-7-24(14)21(30)13-8-12(5-6-15(13)25(32)33)34-10-17(27)23-18-20(29)19(28)16(9-26)35-22(18)31;24-8-14-17(26)18(27)16(20(29)31-14)22-15(25)9-30-11-3-4-13-12(6-11)19(28)23-5-1-2-10(23)7-21-13;1-3-26-11(2)14-5-4-8-18(14)17(22)13-9-12(25-10-16(20)21)6-7-15(13)19(23)24;1-3-22-10(2)13-5-4-8-17(13)15(19)12-9-11(16)6-7-14(12)18(20)21;3-1-2(4)5;1-2;;/h5-6,8,11,14,16,18-20,22,26,28-29,31H,3-4,7,9-10H2,1-2H3,(H,23,27);3-4,6-7,10,14,16-18,20,24,26-27,29H,1-2,5,8-9H2,(H,22,25);6-7,9,11,14H,3-5,8,10H2,1-2H3,(H,20,21);6-7,9-10,13H,3-5,8H2,1-2H3;3H,1H2,(H,4,5);1-2H3;;/q;;;;;;2*+1/p-1/t14-,16+,18+,19+,20+,22?;10-,14+,16+,17+,18+,20?;11?,14-;10?,13-;;;;/m0000..../s1. The van der Waals surface area contributed by atoms with Gasteiger partial charge in [-0.15, -0.1) is 0 Å². The number of carbonyl (C=O) groups excluding carboxylic acids is 7. The van der Waals surface area contributed by atoms with E-state index in [9.17, 15) is 98.9 Å². The third-order valence-electron chi connectivity index (χ3n) is 20.4. The van der Waals surface area contributed by atoms with Crippen molar-refractivity contribution in [2.75, 3.05) is 77.3 Å². The Labute approximate surface area is 760 Å². The van der Waals surface area contributed by atoms with Crippen molar-refractivity contribution in [3.63, 3.8) is 0 Å². The Bertz CT molecular complexity index is 4270. The van der Waals surface area contributed by atoms with Crippen LogP contribution >= 0.6 is 23.5 Å². The maximum Gasteiger partial charge on any atom is 1.00 e. The fraction of sp³-hybridized carbons (Fsp3) is 0.577. The Balaban J connectivity index is 0.000000337. The predicted molar refractivity (Wildman–Crippen MR) is 431 cm³/mol. The molecule has 12 N–H and O–H groups in total. The van der Waals surface area contributed by atoms with Gasteiger partial charge in [-0.05, 0) is 123 Å².